The van der Waals surface area contributed by atoms with E-state index in [1.54, 1.807) is 18.0 Å². The molecule has 0 aliphatic rings. The highest BCUT2D eigenvalue weighted by atomic mass is 35.5. The number of nitrogens with one attached hydrogen (secondary N) is 1. The first-order valence-corrected chi connectivity index (χ1v) is 9.63. The van der Waals surface area contributed by atoms with E-state index in [1.807, 2.05) is 48.5 Å². The number of ketones is 1. The predicted molar refractivity (Wildman–Crippen MR) is 105 cm³/mol. The van der Waals surface area contributed by atoms with Crippen LogP contribution in [0.5, 0.6) is 0 Å². The molecule has 6 heteroatoms. The summed E-state index contributed by atoms with van der Waals surface area (Å²) in [6.07, 6.45) is 2.64. The third kappa shape index (κ3) is 4.90. The van der Waals surface area contributed by atoms with Gasteiger partial charge < -0.3 is 9.72 Å². The molecule has 0 fully saturated rings. The van der Waals surface area contributed by atoms with E-state index < -0.39 is 0 Å². The number of carbonyl (C=O) groups excluding carboxylic acids is 2. The Hall–Kier alpha value is -2.24. The van der Waals surface area contributed by atoms with Gasteiger partial charge in [0.1, 0.15) is 0 Å². The molecule has 1 N–H and O–H groups in total. The number of hydrogen-bond acceptors (Lipinski definition) is 4. The van der Waals surface area contributed by atoms with Gasteiger partial charge in [0.25, 0.3) is 0 Å². The molecule has 4 nitrogen and oxygen atoms in total. The van der Waals surface area contributed by atoms with Crippen LogP contribution in [0.2, 0.25) is 5.02 Å². The lowest BCUT2D eigenvalue weighted by Gasteiger charge is -2.04. The summed E-state index contributed by atoms with van der Waals surface area (Å²) in [7, 11) is 0. The van der Waals surface area contributed by atoms with Crippen molar-refractivity contribution < 1.29 is 14.3 Å². The van der Waals surface area contributed by atoms with Gasteiger partial charge in [-0.15, -0.1) is 11.8 Å². The van der Waals surface area contributed by atoms with Crippen molar-refractivity contribution in [3.8, 4) is 0 Å². The highest BCUT2D eigenvalue weighted by Crippen LogP contribution is 2.21. The van der Waals surface area contributed by atoms with Crippen LogP contribution in [0.3, 0.4) is 0 Å². The maximum atomic E-state index is 12.3. The molecule has 0 bridgehead atoms. The van der Waals surface area contributed by atoms with Crippen molar-refractivity contribution in [2.75, 3.05) is 12.4 Å². The molecule has 3 aromatic rings. The number of aromatic amines is 1. The molecule has 0 amide bonds. The Morgan fingerprint density at radius 3 is 2.65 bits per heavy atom. The molecule has 1 heterocycles. The van der Waals surface area contributed by atoms with Gasteiger partial charge >= 0.3 is 5.97 Å². The van der Waals surface area contributed by atoms with Gasteiger partial charge in [-0.3, -0.25) is 9.59 Å². The number of Topliss-reactive ketones (excluding diaryl/α,β-unsaturated/α-hetero) is 1. The third-order valence-corrected chi connectivity index (χ3v) is 5.21. The Morgan fingerprint density at radius 1 is 1.08 bits per heavy atom. The lowest BCUT2D eigenvalue weighted by molar-refractivity contribution is -0.142. The Bertz CT molecular complexity index is 905. The zero-order valence-corrected chi connectivity index (χ0v) is 15.6. The molecular weight excluding hydrogens is 370 g/mol. The van der Waals surface area contributed by atoms with Gasteiger partial charge in [0.05, 0.1) is 0 Å². The van der Waals surface area contributed by atoms with Crippen LogP contribution in [-0.2, 0) is 9.53 Å². The van der Waals surface area contributed by atoms with Gasteiger partial charge in [-0.1, -0.05) is 29.8 Å². The zero-order valence-electron chi connectivity index (χ0n) is 14.0. The molecule has 0 unspecified atom stereocenters. The first kappa shape index (κ1) is 18.5. The lowest BCUT2D eigenvalue weighted by atomic mass is 10.1. The van der Waals surface area contributed by atoms with Crippen molar-refractivity contribution in [2.45, 2.75) is 17.7 Å². The zero-order chi connectivity index (χ0) is 18.4. The van der Waals surface area contributed by atoms with E-state index in [4.69, 9.17) is 16.3 Å². The Kier molecular flexibility index (Phi) is 6.36. The molecular formula is C20H18ClNO3S. The molecule has 0 saturated carbocycles. The number of aromatic nitrogens is 1. The molecule has 1 aromatic heterocycles. The van der Waals surface area contributed by atoms with Crippen LogP contribution in [0.25, 0.3) is 10.9 Å². The van der Waals surface area contributed by atoms with Crippen LogP contribution in [-0.4, -0.2) is 29.1 Å². The monoisotopic (exact) mass is 387 g/mol. The maximum absolute atomic E-state index is 12.3. The molecule has 26 heavy (non-hydrogen) atoms. The average molecular weight is 388 g/mol. The summed E-state index contributed by atoms with van der Waals surface area (Å²) < 4.78 is 5.12. The van der Waals surface area contributed by atoms with Gasteiger partial charge in [0, 0.05) is 39.0 Å². The highest BCUT2D eigenvalue weighted by Gasteiger charge is 2.14. The summed E-state index contributed by atoms with van der Waals surface area (Å²) in [6.45, 7) is -0.231. The quantitative estimate of drug-likeness (QED) is 0.252. The van der Waals surface area contributed by atoms with E-state index in [9.17, 15) is 9.59 Å². The standard InChI is InChI=1S/C20H18ClNO3S/c21-14-7-9-15(10-8-14)26-11-3-6-20(24)25-13-19(23)17-12-22-18-5-2-1-4-16(17)18/h1-2,4-5,7-10,12,22H,3,6,11,13H2. The molecule has 3 rings (SSSR count). The number of carbonyl (C=O) groups is 2. The minimum atomic E-state index is -0.352. The topological polar surface area (TPSA) is 59.2 Å². The van der Waals surface area contributed by atoms with Crippen molar-refractivity contribution in [2.24, 2.45) is 0 Å². The van der Waals surface area contributed by atoms with E-state index >= 15 is 0 Å². The number of para-hydroxylation sites is 1. The first-order chi connectivity index (χ1) is 12.6. The number of halogens is 1. The fourth-order valence-electron chi connectivity index (χ4n) is 2.54. The predicted octanol–water partition coefficient (Wildman–Crippen LogP) is 5.12. The molecule has 0 atom stereocenters. The van der Waals surface area contributed by atoms with E-state index in [1.165, 1.54) is 0 Å². The largest absolute Gasteiger partial charge is 0.457 e. The number of hydrogen-bond donors (Lipinski definition) is 1. The van der Waals surface area contributed by atoms with Crippen LogP contribution in [0.15, 0.2) is 59.6 Å². The molecule has 0 radical (unpaired) electrons. The Balaban J connectivity index is 1.39. The molecule has 0 spiro atoms. The van der Waals surface area contributed by atoms with Crippen LogP contribution in [0.4, 0.5) is 0 Å². The lowest BCUT2D eigenvalue weighted by Crippen LogP contribution is -2.13. The van der Waals surface area contributed by atoms with Gasteiger partial charge in [-0.25, -0.2) is 0 Å². The fourth-order valence-corrected chi connectivity index (χ4v) is 3.51. The highest BCUT2D eigenvalue weighted by molar-refractivity contribution is 7.99. The van der Waals surface area contributed by atoms with Gasteiger partial charge in [0.2, 0.25) is 5.78 Å². The van der Waals surface area contributed by atoms with Crippen molar-refractivity contribution >= 4 is 46.0 Å². The van der Waals surface area contributed by atoms with E-state index in [0.29, 0.717) is 23.4 Å². The van der Waals surface area contributed by atoms with Crippen LogP contribution >= 0.6 is 23.4 Å². The van der Waals surface area contributed by atoms with E-state index in [2.05, 4.69) is 4.98 Å². The summed E-state index contributed by atoms with van der Waals surface area (Å²) in [6, 6.07) is 15.1. The third-order valence-electron chi connectivity index (χ3n) is 3.86. The van der Waals surface area contributed by atoms with Crippen molar-refractivity contribution in [1.29, 1.82) is 0 Å². The Labute approximate surface area is 160 Å². The van der Waals surface area contributed by atoms with Gasteiger partial charge in [-0.05, 0) is 42.5 Å². The van der Waals surface area contributed by atoms with Crippen LogP contribution in [0.1, 0.15) is 23.2 Å². The van der Waals surface area contributed by atoms with Gasteiger partial charge in [-0.2, -0.15) is 0 Å². The number of thioether (sulfide) groups is 1. The second-order valence-electron chi connectivity index (χ2n) is 5.74. The fraction of sp³-hybridized carbons (Fsp3) is 0.200. The summed E-state index contributed by atoms with van der Waals surface area (Å²) in [4.78, 5) is 28.2. The summed E-state index contributed by atoms with van der Waals surface area (Å²) in [5.74, 6) is 0.244. The normalized spacial score (nSPS) is 10.8. The minimum absolute atomic E-state index is 0.202. The summed E-state index contributed by atoms with van der Waals surface area (Å²) in [5.41, 5.74) is 1.44. The number of benzene rings is 2. The number of rotatable bonds is 8. The SMILES string of the molecule is O=C(CCCSc1ccc(Cl)cc1)OCC(=O)c1c[nH]c2ccccc12. The summed E-state index contributed by atoms with van der Waals surface area (Å²) in [5, 5.41) is 1.55. The smallest absolute Gasteiger partial charge is 0.306 e. The van der Waals surface area contributed by atoms with Gasteiger partial charge in [0.15, 0.2) is 6.61 Å². The first-order valence-electron chi connectivity index (χ1n) is 8.27. The summed E-state index contributed by atoms with van der Waals surface area (Å²) >= 11 is 7.50. The molecule has 0 aliphatic carbocycles. The van der Waals surface area contributed by atoms with Crippen LogP contribution < -0.4 is 0 Å². The van der Waals surface area contributed by atoms with Crippen molar-refractivity contribution in [3.05, 3.63) is 65.3 Å². The molecule has 2 aromatic carbocycles. The second-order valence-corrected chi connectivity index (χ2v) is 7.34. The number of ether oxygens (including phenoxy) is 1. The van der Waals surface area contributed by atoms with Crippen molar-refractivity contribution in [1.82, 2.24) is 4.98 Å². The molecule has 0 saturated heterocycles. The maximum Gasteiger partial charge on any atom is 0.306 e. The Morgan fingerprint density at radius 2 is 1.85 bits per heavy atom. The number of esters is 1. The second kappa shape index (κ2) is 8.92. The van der Waals surface area contributed by atoms with E-state index in [-0.39, 0.29) is 18.4 Å². The molecule has 0 aliphatic heterocycles. The number of fused-ring (bicyclic) bond motifs is 1. The molecule has 134 valence electrons. The van der Waals surface area contributed by atoms with Crippen LogP contribution in [0, 0.1) is 0 Å². The average Bonchev–Trinajstić information content (AvgIpc) is 3.09. The van der Waals surface area contributed by atoms with E-state index in [0.717, 1.165) is 21.6 Å². The minimum Gasteiger partial charge on any atom is -0.457 e. The van der Waals surface area contributed by atoms with Crippen molar-refractivity contribution in [3.63, 3.8) is 0 Å². The number of H-pyrrole nitrogens is 1.